The van der Waals surface area contributed by atoms with Crippen LogP contribution < -0.4 is 5.32 Å². The lowest BCUT2D eigenvalue weighted by molar-refractivity contribution is 0.0926. The van der Waals surface area contributed by atoms with Crippen LogP contribution in [0.2, 0.25) is 0 Å². The average molecular weight is 264 g/mol. The molecule has 5 heteroatoms. The van der Waals surface area contributed by atoms with E-state index in [2.05, 4.69) is 34.3 Å². The Balaban J connectivity index is 1.92. The highest BCUT2D eigenvalue weighted by Crippen LogP contribution is 2.17. The summed E-state index contributed by atoms with van der Waals surface area (Å²) >= 11 is 0. The van der Waals surface area contributed by atoms with E-state index < -0.39 is 0 Å². The van der Waals surface area contributed by atoms with E-state index >= 15 is 0 Å². The Morgan fingerprint density at radius 1 is 1.47 bits per heavy atom. The molecular weight excluding hydrogens is 240 g/mol. The summed E-state index contributed by atoms with van der Waals surface area (Å²) in [4.78, 5) is 14.6. The molecule has 1 aliphatic heterocycles. The Bertz CT molecular complexity index is 421. The molecule has 0 spiro atoms. The van der Waals surface area contributed by atoms with Crippen molar-refractivity contribution in [3.8, 4) is 0 Å². The summed E-state index contributed by atoms with van der Waals surface area (Å²) in [5, 5.41) is 9.72. The SMILES string of the molecule is Cc1[nH]ncc1C(=O)NCC(C(C)C)N1CCCC1. The molecule has 0 bridgehead atoms. The van der Waals surface area contributed by atoms with Crippen molar-refractivity contribution < 1.29 is 4.79 Å². The fourth-order valence-corrected chi connectivity index (χ4v) is 2.73. The lowest BCUT2D eigenvalue weighted by Crippen LogP contribution is -2.45. The third kappa shape index (κ3) is 3.35. The first-order chi connectivity index (χ1) is 9.09. The molecule has 1 unspecified atom stereocenters. The summed E-state index contributed by atoms with van der Waals surface area (Å²) in [6, 6.07) is 0.429. The second-order valence-electron chi connectivity index (χ2n) is 5.67. The minimum atomic E-state index is -0.0314. The Labute approximate surface area is 114 Å². The Morgan fingerprint density at radius 2 is 2.16 bits per heavy atom. The van der Waals surface area contributed by atoms with Crippen molar-refractivity contribution in [3.63, 3.8) is 0 Å². The predicted octanol–water partition coefficient (Wildman–Crippen LogP) is 1.57. The van der Waals surface area contributed by atoms with Crippen LogP contribution in [0.3, 0.4) is 0 Å². The number of rotatable bonds is 5. The van der Waals surface area contributed by atoms with Crippen LogP contribution in [0.5, 0.6) is 0 Å². The van der Waals surface area contributed by atoms with Gasteiger partial charge in [-0.15, -0.1) is 0 Å². The van der Waals surface area contributed by atoms with Crippen LogP contribution in [-0.2, 0) is 0 Å². The molecular formula is C14H24N4O. The monoisotopic (exact) mass is 264 g/mol. The molecule has 0 aromatic carbocycles. The predicted molar refractivity (Wildman–Crippen MR) is 75.1 cm³/mol. The van der Waals surface area contributed by atoms with Crippen LogP contribution in [0.1, 0.15) is 42.7 Å². The molecule has 1 atom stereocenters. The maximum Gasteiger partial charge on any atom is 0.254 e. The number of carbonyl (C=O) groups excluding carboxylic acids is 1. The number of aromatic nitrogens is 2. The average Bonchev–Trinajstić information content (AvgIpc) is 3.00. The van der Waals surface area contributed by atoms with Crippen molar-refractivity contribution in [2.45, 2.75) is 39.7 Å². The maximum atomic E-state index is 12.1. The summed E-state index contributed by atoms with van der Waals surface area (Å²) in [6.45, 7) is 9.33. The smallest absolute Gasteiger partial charge is 0.254 e. The molecule has 0 aliphatic carbocycles. The number of likely N-dealkylation sites (tertiary alicyclic amines) is 1. The summed E-state index contributed by atoms with van der Waals surface area (Å²) < 4.78 is 0. The van der Waals surface area contributed by atoms with E-state index in [0.717, 1.165) is 18.8 Å². The third-order valence-corrected chi connectivity index (χ3v) is 3.93. The second kappa shape index (κ2) is 6.19. The fourth-order valence-electron chi connectivity index (χ4n) is 2.73. The number of aryl methyl sites for hydroxylation is 1. The van der Waals surface area contributed by atoms with Crippen LogP contribution in [-0.4, -0.2) is 46.7 Å². The molecule has 1 fully saturated rings. The molecule has 2 heterocycles. The van der Waals surface area contributed by atoms with Crippen LogP contribution in [0.4, 0.5) is 0 Å². The molecule has 1 amide bonds. The van der Waals surface area contributed by atoms with Crippen molar-refractivity contribution in [2.24, 2.45) is 5.92 Å². The number of carbonyl (C=O) groups is 1. The molecule has 19 heavy (non-hydrogen) atoms. The standard InChI is InChI=1S/C14H24N4O/c1-10(2)13(18-6-4-5-7-18)9-15-14(19)12-8-16-17-11(12)3/h8,10,13H,4-7,9H2,1-3H3,(H,15,19)(H,16,17). The molecule has 0 saturated carbocycles. The highest BCUT2D eigenvalue weighted by atomic mass is 16.1. The van der Waals surface area contributed by atoms with Crippen molar-refractivity contribution in [1.82, 2.24) is 20.4 Å². The molecule has 1 aromatic rings. The normalized spacial score (nSPS) is 17.9. The summed E-state index contributed by atoms with van der Waals surface area (Å²) in [5.41, 5.74) is 1.46. The topological polar surface area (TPSA) is 61.0 Å². The van der Waals surface area contributed by atoms with Crippen molar-refractivity contribution in [3.05, 3.63) is 17.5 Å². The van der Waals surface area contributed by atoms with Crippen molar-refractivity contribution in [2.75, 3.05) is 19.6 Å². The highest BCUT2D eigenvalue weighted by molar-refractivity contribution is 5.94. The van der Waals surface area contributed by atoms with Crippen LogP contribution in [0, 0.1) is 12.8 Å². The molecule has 0 radical (unpaired) electrons. The van der Waals surface area contributed by atoms with E-state index in [1.165, 1.54) is 12.8 Å². The van der Waals surface area contributed by atoms with Crippen LogP contribution in [0.25, 0.3) is 0 Å². The van der Waals surface area contributed by atoms with Gasteiger partial charge >= 0.3 is 0 Å². The molecule has 1 aromatic heterocycles. The highest BCUT2D eigenvalue weighted by Gasteiger charge is 2.25. The lowest BCUT2D eigenvalue weighted by atomic mass is 10.0. The Hall–Kier alpha value is -1.36. The largest absolute Gasteiger partial charge is 0.350 e. The van der Waals surface area contributed by atoms with Gasteiger partial charge in [0.25, 0.3) is 5.91 Å². The molecule has 2 N–H and O–H groups in total. The molecule has 1 saturated heterocycles. The van der Waals surface area contributed by atoms with E-state index in [1.54, 1.807) is 6.20 Å². The number of hydrogen-bond acceptors (Lipinski definition) is 3. The first kappa shape index (κ1) is 14.1. The summed E-state index contributed by atoms with van der Waals surface area (Å²) in [5.74, 6) is 0.514. The van der Waals surface area contributed by atoms with Gasteiger partial charge in [-0.2, -0.15) is 5.10 Å². The fraction of sp³-hybridized carbons (Fsp3) is 0.714. The van der Waals surface area contributed by atoms with Gasteiger partial charge in [0, 0.05) is 18.3 Å². The van der Waals surface area contributed by atoms with Gasteiger partial charge in [-0.25, -0.2) is 0 Å². The van der Waals surface area contributed by atoms with E-state index in [9.17, 15) is 4.79 Å². The minimum Gasteiger partial charge on any atom is -0.350 e. The van der Waals surface area contributed by atoms with Gasteiger partial charge in [0.1, 0.15) is 0 Å². The number of nitrogens with zero attached hydrogens (tertiary/aromatic N) is 2. The van der Waals surface area contributed by atoms with Crippen molar-refractivity contribution >= 4 is 5.91 Å². The number of H-pyrrole nitrogens is 1. The number of amides is 1. The second-order valence-corrected chi connectivity index (χ2v) is 5.67. The van der Waals surface area contributed by atoms with Crippen molar-refractivity contribution in [1.29, 1.82) is 0 Å². The zero-order valence-corrected chi connectivity index (χ0v) is 12.1. The number of nitrogens with one attached hydrogen (secondary N) is 2. The van der Waals surface area contributed by atoms with E-state index in [0.29, 0.717) is 24.1 Å². The van der Waals surface area contributed by atoms with E-state index in [1.807, 2.05) is 6.92 Å². The quantitative estimate of drug-likeness (QED) is 0.848. The van der Waals surface area contributed by atoms with E-state index in [4.69, 9.17) is 0 Å². The summed E-state index contributed by atoms with van der Waals surface area (Å²) in [6.07, 6.45) is 4.14. The first-order valence-electron chi connectivity index (χ1n) is 7.12. The molecule has 5 nitrogen and oxygen atoms in total. The molecule has 106 valence electrons. The van der Waals surface area contributed by atoms with Gasteiger partial charge in [0.05, 0.1) is 11.8 Å². The summed E-state index contributed by atoms with van der Waals surface area (Å²) in [7, 11) is 0. The minimum absolute atomic E-state index is 0.0314. The van der Waals surface area contributed by atoms with Gasteiger partial charge < -0.3 is 5.32 Å². The maximum absolute atomic E-state index is 12.1. The Kier molecular flexibility index (Phi) is 4.58. The van der Waals surface area contributed by atoms with E-state index in [-0.39, 0.29) is 5.91 Å². The first-order valence-corrected chi connectivity index (χ1v) is 7.12. The number of aromatic amines is 1. The van der Waals surface area contributed by atoms with Gasteiger partial charge in [0.2, 0.25) is 0 Å². The molecule has 1 aliphatic rings. The van der Waals surface area contributed by atoms with Gasteiger partial charge in [-0.3, -0.25) is 14.8 Å². The van der Waals surface area contributed by atoms with Gasteiger partial charge in [-0.1, -0.05) is 13.8 Å². The van der Waals surface area contributed by atoms with Crippen LogP contribution in [0.15, 0.2) is 6.20 Å². The molecule has 2 rings (SSSR count). The lowest BCUT2D eigenvalue weighted by Gasteiger charge is -2.30. The number of hydrogen-bond donors (Lipinski definition) is 2. The Morgan fingerprint density at radius 3 is 2.68 bits per heavy atom. The third-order valence-electron chi connectivity index (χ3n) is 3.93. The van der Waals surface area contributed by atoms with Crippen LogP contribution >= 0.6 is 0 Å². The van der Waals surface area contributed by atoms with Gasteiger partial charge in [0.15, 0.2) is 0 Å². The van der Waals surface area contributed by atoms with Gasteiger partial charge in [-0.05, 0) is 38.8 Å². The zero-order valence-electron chi connectivity index (χ0n) is 12.1. The zero-order chi connectivity index (χ0) is 13.8.